The van der Waals surface area contributed by atoms with Crippen LogP contribution in [0.15, 0.2) is 48.5 Å². The largest absolute Gasteiger partial charge is 0.462 e. The number of benzene rings is 2. The van der Waals surface area contributed by atoms with Gasteiger partial charge in [-0.05, 0) is 62.1 Å². The Bertz CT molecular complexity index is 938. The standard InChI is InChI=1S/C23H24N2O4/c1-2-29-23(28)16-9-11-17(12-10-16)24-21(26)18-14-19(18)22(27)25-13-5-7-15-6-3-4-8-20(15)25/h3-4,6,8-12,18-19H,2,5,7,13-14H2,1H3,(H,24,26). The number of hydrogen-bond donors (Lipinski definition) is 1. The maximum absolute atomic E-state index is 13.0. The van der Waals surface area contributed by atoms with E-state index in [9.17, 15) is 14.4 Å². The summed E-state index contributed by atoms with van der Waals surface area (Å²) in [5, 5.41) is 2.85. The number of anilines is 2. The van der Waals surface area contributed by atoms with Crippen LogP contribution in [-0.4, -0.2) is 30.9 Å². The molecule has 6 heteroatoms. The number of carbonyl (C=O) groups is 3. The molecule has 2 aromatic carbocycles. The Kier molecular flexibility index (Phi) is 5.34. The van der Waals surface area contributed by atoms with Crippen LogP contribution in [0.2, 0.25) is 0 Å². The van der Waals surface area contributed by atoms with E-state index in [-0.39, 0.29) is 29.6 Å². The number of carbonyl (C=O) groups excluding carboxylic acids is 3. The Morgan fingerprint density at radius 2 is 1.83 bits per heavy atom. The van der Waals surface area contributed by atoms with Crippen molar-refractivity contribution in [3.63, 3.8) is 0 Å². The van der Waals surface area contributed by atoms with Crippen molar-refractivity contribution in [2.75, 3.05) is 23.4 Å². The molecule has 1 N–H and O–H groups in total. The summed E-state index contributed by atoms with van der Waals surface area (Å²) in [5.74, 6) is -1.08. The summed E-state index contributed by atoms with van der Waals surface area (Å²) in [6, 6.07) is 14.6. The number of ether oxygens (including phenoxy) is 1. The van der Waals surface area contributed by atoms with Gasteiger partial charge in [0.05, 0.1) is 24.0 Å². The molecule has 0 aromatic heterocycles. The highest BCUT2D eigenvalue weighted by Gasteiger charge is 2.50. The van der Waals surface area contributed by atoms with Gasteiger partial charge >= 0.3 is 5.97 Å². The molecule has 2 atom stereocenters. The van der Waals surface area contributed by atoms with Crippen molar-refractivity contribution in [3.8, 4) is 0 Å². The average molecular weight is 392 g/mol. The molecule has 0 saturated heterocycles. The molecule has 6 nitrogen and oxygen atoms in total. The summed E-state index contributed by atoms with van der Waals surface area (Å²) in [5.41, 5.74) is 3.21. The van der Waals surface area contributed by atoms with Crippen LogP contribution >= 0.6 is 0 Å². The third-order valence-corrected chi connectivity index (χ3v) is 5.48. The van der Waals surface area contributed by atoms with E-state index in [0.717, 1.165) is 18.5 Å². The normalized spacial score (nSPS) is 19.8. The third-order valence-electron chi connectivity index (χ3n) is 5.48. The minimum Gasteiger partial charge on any atom is -0.462 e. The van der Waals surface area contributed by atoms with Crippen molar-refractivity contribution in [1.29, 1.82) is 0 Å². The Balaban J connectivity index is 1.36. The van der Waals surface area contributed by atoms with Crippen molar-refractivity contribution in [1.82, 2.24) is 0 Å². The first kappa shape index (κ1) is 19.2. The van der Waals surface area contributed by atoms with E-state index in [4.69, 9.17) is 4.74 Å². The molecule has 2 aliphatic rings. The topological polar surface area (TPSA) is 75.7 Å². The van der Waals surface area contributed by atoms with E-state index in [1.807, 2.05) is 23.1 Å². The molecular weight excluding hydrogens is 368 g/mol. The molecule has 1 aliphatic heterocycles. The molecule has 150 valence electrons. The number of nitrogens with zero attached hydrogens (tertiary/aromatic N) is 1. The lowest BCUT2D eigenvalue weighted by atomic mass is 10.0. The lowest BCUT2D eigenvalue weighted by Crippen LogP contribution is -2.37. The number of para-hydroxylation sites is 1. The van der Waals surface area contributed by atoms with Crippen LogP contribution < -0.4 is 10.2 Å². The first-order valence-corrected chi connectivity index (χ1v) is 10.1. The molecule has 1 saturated carbocycles. The van der Waals surface area contributed by atoms with E-state index in [0.29, 0.717) is 30.8 Å². The molecule has 2 amide bonds. The van der Waals surface area contributed by atoms with E-state index in [2.05, 4.69) is 11.4 Å². The second kappa shape index (κ2) is 8.07. The molecule has 0 spiro atoms. The molecule has 1 aliphatic carbocycles. The summed E-state index contributed by atoms with van der Waals surface area (Å²) < 4.78 is 4.95. The molecule has 1 heterocycles. The molecular formula is C23H24N2O4. The second-order valence-corrected chi connectivity index (χ2v) is 7.46. The molecule has 0 bridgehead atoms. The maximum Gasteiger partial charge on any atom is 0.338 e. The van der Waals surface area contributed by atoms with Crippen molar-refractivity contribution >= 4 is 29.2 Å². The molecule has 1 fully saturated rings. The maximum atomic E-state index is 13.0. The van der Waals surface area contributed by atoms with Gasteiger partial charge in [-0.3, -0.25) is 9.59 Å². The molecule has 0 radical (unpaired) electrons. The summed E-state index contributed by atoms with van der Waals surface area (Å²) >= 11 is 0. The summed E-state index contributed by atoms with van der Waals surface area (Å²) in [6.07, 6.45) is 2.50. The quantitative estimate of drug-likeness (QED) is 0.791. The number of nitrogens with one attached hydrogen (secondary N) is 1. The smallest absolute Gasteiger partial charge is 0.338 e. The highest BCUT2D eigenvalue weighted by molar-refractivity contribution is 6.04. The fourth-order valence-corrected chi connectivity index (χ4v) is 3.86. The van der Waals surface area contributed by atoms with Gasteiger partial charge in [0.15, 0.2) is 0 Å². The van der Waals surface area contributed by atoms with Gasteiger partial charge in [-0.15, -0.1) is 0 Å². The lowest BCUT2D eigenvalue weighted by molar-refractivity contribution is -0.123. The Morgan fingerprint density at radius 1 is 1.07 bits per heavy atom. The molecule has 4 rings (SSSR count). The lowest BCUT2D eigenvalue weighted by Gasteiger charge is -2.29. The minimum absolute atomic E-state index is 0.0370. The Morgan fingerprint density at radius 3 is 2.59 bits per heavy atom. The first-order chi connectivity index (χ1) is 14.1. The van der Waals surface area contributed by atoms with Gasteiger partial charge in [0.2, 0.25) is 11.8 Å². The van der Waals surface area contributed by atoms with Crippen molar-refractivity contribution in [3.05, 3.63) is 59.7 Å². The molecule has 2 aromatic rings. The second-order valence-electron chi connectivity index (χ2n) is 7.46. The zero-order valence-corrected chi connectivity index (χ0v) is 16.4. The van der Waals surface area contributed by atoms with Crippen molar-refractivity contribution in [2.45, 2.75) is 26.2 Å². The number of esters is 1. The van der Waals surface area contributed by atoms with Crippen molar-refractivity contribution < 1.29 is 19.1 Å². The zero-order chi connectivity index (χ0) is 20.4. The third kappa shape index (κ3) is 4.01. The SMILES string of the molecule is CCOC(=O)c1ccc(NC(=O)C2CC2C(=O)N2CCCc3ccccc32)cc1. The first-order valence-electron chi connectivity index (χ1n) is 10.1. The minimum atomic E-state index is -0.389. The zero-order valence-electron chi connectivity index (χ0n) is 16.4. The summed E-state index contributed by atoms with van der Waals surface area (Å²) in [4.78, 5) is 39.1. The summed E-state index contributed by atoms with van der Waals surface area (Å²) in [7, 11) is 0. The predicted molar refractivity (Wildman–Crippen MR) is 110 cm³/mol. The fraction of sp³-hybridized carbons (Fsp3) is 0.348. The van der Waals surface area contributed by atoms with Gasteiger partial charge in [0, 0.05) is 17.9 Å². The number of aryl methyl sites for hydroxylation is 1. The van der Waals surface area contributed by atoms with Gasteiger partial charge < -0.3 is 15.0 Å². The Hall–Kier alpha value is -3.15. The number of fused-ring (bicyclic) bond motifs is 1. The van der Waals surface area contributed by atoms with Crippen LogP contribution in [0.4, 0.5) is 11.4 Å². The van der Waals surface area contributed by atoms with E-state index >= 15 is 0 Å². The van der Waals surface area contributed by atoms with Crippen LogP contribution in [-0.2, 0) is 20.7 Å². The summed E-state index contributed by atoms with van der Waals surface area (Å²) in [6.45, 7) is 2.77. The Labute approximate surface area is 169 Å². The highest BCUT2D eigenvalue weighted by atomic mass is 16.5. The highest BCUT2D eigenvalue weighted by Crippen LogP contribution is 2.42. The van der Waals surface area contributed by atoms with Crippen LogP contribution in [0.1, 0.15) is 35.7 Å². The molecule has 29 heavy (non-hydrogen) atoms. The van der Waals surface area contributed by atoms with Gasteiger partial charge in [-0.2, -0.15) is 0 Å². The predicted octanol–water partition coefficient (Wildman–Crippen LogP) is 3.42. The van der Waals surface area contributed by atoms with Crippen LogP contribution in [0.25, 0.3) is 0 Å². The number of hydrogen-bond acceptors (Lipinski definition) is 4. The van der Waals surface area contributed by atoms with Crippen LogP contribution in [0.5, 0.6) is 0 Å². The van der Waals surface area contributed by atoms with Gasteiger partial charge in [0.25, 0.3) is 0 Å². The number of rotatable bonds is 5. The van der Waals surface area contributed by atoms with Gasteiger partial charge in [-0.1, -0.05) is 18.2 Å². The monoisotopic (exact) mass is 392 g/mol. The van der Waals surface area contributed by atoms with Crippen LogP contribution in [0.3, 0.4) is 0 Å². The fourth-order valence-electron chi connectivity index (χ4n) is 3.86. The van der Waals surface area contributed by atoms with Crippen LogP contribution in [0, 0.1) is 11.8 Å². The average Bonchev–Trinajstić information content (AvgIpc) is 3.55. The van der Waals surface area contributed by atoms with E-state index < -0.39 is 0 Å². The van der Waals surface area contributed by atoms with Crippen molar-refractivity contribution in [2.24, 2.45) is 11.8 Å². The van der Waals surface area contributed by atoms with E-state index in [1.54, 1.807) is 31.2 Å². The molecule has 2 unspecified atom stereocenters. The van der Waals surface area contributed by atoms with Gasteiger partial charge in [0.1, 0.15) is 0 Å². The van der Waals surface area contributed by atoms with E-state index in [1.165, 1.54) is 5.56 Å². The number of amides is 2. The van der Waals surface area contributed by atoms with Gasteiger partial charge in [-0.25, -0.2) is 4.79 Å².